The van der Waals surface area contributed by atoms with Gasteiger partial charge in [0.25, 0.3) is 0 Å². The number of methoxy groups -OCH3 is 1. The third kappa shape index (κ3) is 4.70. The Labute approximate surface area is 155 Å². The lowest BCUT2D eigenvalue weighted by Gasteiger charge is -2.06. The van der Waals surface area contributed by atoms with Crippen LogP contribution >= 0.6 is 0 Å². The number of allylic oxidation sites excluding steroid dienone is 1. The summed E-state index contributed by atoms with van der Waals surface area (Å²) in [4.78, 5) is 4.15. The van der Waals surface area contributed by atoms with E-state index in [2.05, 4.69) is 61.0 Å². The van der Waals surface area contributed by atoms with Crippen molar-refractivity contribution < 1.29 is 4.74 Å². The molecule has 0 spiro atoms. The molecule has 0 aliphatic heterocycles. The van der Waals surface area contributed by atoms with Gasteiger partial charge in [-0.2, -0.15) is 0 Å². The molecule has 130 valence electrons. The SMILES string of the molecule is C=C(Cc1ccc(/C=C/c2cc(C)cc(OC)c2)cc1)c1cccnc1. The maximum absolute atomic E-state index is 5.33. The van der Waals surface area contributed by atoms with Crippen LogP contribution in [0.5, 0.6) is 5.75 Å². The van der Waals surface area contributed by atoms with E-state index in [-0.39, 0.29) is 0 Å². The number of nitrogens with zero attached hydrogens (tertiary/aromatic N) is 1. The minimum Gasteiger partial charge on any atom is -0.497 e. The monoisotopic (exact) mass is 341 g/mol. The molecule has 0 N–H and O–H groups in total. The number of pyridine rings is 1. The van der Waals surface area contributed by atoms with Crippen molar-refractivity contribution in [3.63, 3.8) is 0 Å². The Bertz CT molecular complexity index is 909. The summed E-state index contributed by atoms with van der Waals surface area (Å²) in [5.41, 5.74) is 6.90. The zero-order chi connectivity index (χ0) is 18.4. The third-order valence-electron chi connectivity index (χ3n) is 4.24. The summed E-state index contributed by atoms with van der Waals surface area (Å²) in [5.74, 6) is 0.883. The van der Waals surface area contributed by atoms with Crippen LogP contribution in [0.2, 0.25) is 0 Å². The summed E-state index contributed by atoms with van der Waals surface area (Å²) in [6, 6.07) is 18.8. The van der Waals surface area contributed by atoms with E-state index in [1.807, 2.05) is 30.5 Å². The number of benzene rings is 2. The molecular weight excluding hydrogens is 318 g/mol. The molecule has 0 atom stereocenters. The highest BCUT2D eigenvalue weighted by molar-refractivity contribution is 5.71. The van der Waals surface area contributed by atoms with E-state index in [0.717, 1.165) is 28.9 Å². The summed E-state index contributed by atoms with van der Waals surface area (Å²) in [5, 5.41) is 0. The van der Waals surface area contributed by atoms with Crippen molar-refractivity contribution in [3.8, 4) is 5.75 Å². The van der Waals surface area contributed by atoms with E-state index in [1.54, 1.807) is 13.3 Å². The van der Waals surface area contributed by atoms with Crippen LogP contribution in [0.15, 0.2) is 73.6 Å². The van der Waals surface area contributed by atoms with Crippen molar-refractivity contribution in [1.82, 2.24) is 4.98 Å². The number of hydrogen-bond acceptors (Lipinski definition) is 2. The third-order valence-corrected chi connectivity index (χ3v) is 4.24. The van der Waals surface area contributed by atoms with Gasteiger partial charge in [-0.15, -0.1) is 0 Å². The number of hydrogen-bond donors (Lipinski definition) is 0. The van der Waals surface area contributed by atoms with Crippen LogP contribution < -0.4 is 4.74 Å². The maximum atomic E-state index is 5.33. The average molecular weight is 341 g/mol. The fourth-order valence-corrected chi connectivity index (χ4v) is 2.85. The van der Waals surface area contributed by atoms with Crippen LogP contribution in [0.4, 0.5) is 0 Å². The minimum atomic E-state index is 0.824. The van der Waals surface area contributed by atoms with Crippen LogP contribution in [0.1, 0.15) is 27.8 Å². The molecule has 0 amide bonds. The number of ether oxygens (including phenoxy) is 1. The lowest BCUT2D eigenvalue weighted by atomic mass is 10.00. The van der Waals surface area contributed by atoms with Gasteiger partial charge in [0.2, 0.25) is 0 Å². The highest BCUT2D eigenvalue weighted by Crippen LogP contribution is 2.20. The van der Waals surface area contributed by atoms with Gasteiger partial charge in [-0.1, -0.05) is 55.1 Å². The largest absolute Gasteiger partial charge is 0.497 e. The molecule has 3 aromatic rings. The van der Waals surface area contributed by atoms with E-state index in [4.69, 9.17) is 4.74 Å². The normalized spacial score (nSPS) is 10.8. The van der Waals surface area contributed by atoms with Crippen molar-refractivity contribution in [3.05, 3.63) is 101 Å². The minimum absolute atomic E-state index is 0.824. The first-order valence-electron chi connectivity index (χ1n) is 8.65. The highest BCUT2D eigenvalue weighted by atomic mass is 16.5. The fraction of sp³-hybridized carbons (Fsp3) is 0.125. The van der Waals surface area contributed by atoms with Gasteiger partial charge in [0.15, 0.2) is 0 Å². The second-order valence-electron chi connectivity index (χ2n) is 6.38. The fourth-order valence-electron chi connectivity index (χ4n) is 2.85. The lowest BCUT2D eigenvalue weighted by molar-refractivity contribution is 0.414. The first-order chi connectivity index (χ1) is 12.6. The van der Waals surface area contributed by atoms with E-state index in [9.17, 15) is 0 Å². The van der Waals surface area contributed by atoms with E-state index in [1.165, 1.54) is 16.7 Å². The summed E-state index contributed by atoms with van der Waals surface area (Å²) < 4.78 is 5.33. The van der Waals surface area contributed by atoms with Crippen molar-refractivity contribution in [2.24, 2.45) is 0 Å². The van der Waals surface area contributed by atoms with E-state index < -0.39 is 0 Å². The average Bonchev–Trinajstić information content (AvgIpc) is 2.67. The van der Waals surface area contributed by atoms with Crippen LogP contribution in [0, 0.1) is 6.92 Å². The molecule has 0 aliphatic rings. The standard InChI is InChI=1S/C24H23NO/c1-18-13-22(16-24(14-18)26-3)11-8-20-6-9-21(10-7-20)15-19(2)23-5-4-12-25-17-23/h4-14,16-17H,2,15H2,1,3H3/b11-8+. The van der Waals surface area contributed by atoms with Gasteiger partial charge >= 0.3 is 0 Å². The summed E-state index contributed by atoms with van der Waals surface area (Å²) in [7, 11) is 1.69. The van der Waals surface area contributed by atoms with E-state index in [0.29, 0.717) is 0 Å². The van der Waals surface area contributed by atoms with E-state index >= 15 is 0 Å². The van der Waals surface area contributed by atoms with Gasteiger partial charge in [-0.05, 0) is 64.9 Å². The lowest BCUT2D eigenvalue weighted by Crippen LogP contribution is -1.90. The zero-order valence-electron chi connectivity index (χ0n) is 15.3. The second-order valence-corrected chi connectivity index (χ2v) is 6.38. The van der Waals surface area contributed by atoms with Crippen LogP contribution in [0.25, 0.3) is 17.7 Å². The Hall–Kier alpha value is -3.13. The van der Waals surface area contributed by atoms with Gasteiger partial charge in [-0.3, -0.25) is 4.98 Å². The molecule has 0 fully saturated rings. The van der Waals surface area contributed by atoms with Gasteiger partial charge < -0.3 is 4.74 Å². The number of aromatic nitrogens is 1. The summed E-state index contributed by atoms with van der Waals surface area (Å²) >= 11 is 0. The predicted molar refractivity (Wildman–Crippen MR) is 110 cm³/mol. The van der Waals surface area contributed by atoms with Crippen molar-refractivity contribution >= 4 is 17.7 Å². The molecule has 3 rings (SSSR count). The molecule has 26 heavy (non-hydrogen) atoms. The second kappa shape index (κ2) is 8.30. The molecule has 0 unspecified atom stereocenters. The molecule has 0 saturated heterocycles. The topological polar surface area (TPSA) is 22.1 Å². The van der Waals surface area contributed by atoms with Crippen molar-refractivity contribution in [2.75, 3.05) is 7.11 Å². The molecular formula is C24H23NO. The molecule has 1 heterocycles. The van der Waals surface area contributed by atoms with Gasteiger partial charge in [0.05, 0.1) is 7.11 Å². The van der Waals surface area contributed by atoms with Crippen LogP contribution in [-0.2, 0) is 6.42 Å². The number of rotatable bonds is 6. The summed E-state index contributed by atoms with van der Waals surface area (Å²) in [6.07, 6.45) is 8.69. The maximum Gasteiger partial charge on any atom is 0.119 e. The highest BCUT2D eigenvalue weighted by Gasteiger charge is 2.01. The van der Waals surface area contributed by atoms with Gasteiger partial charge in [-0.25, -0.2) is 0 Å². The van der Waals surface area contributed by atoms with Crippen LogP contribution in [-0.4, -0.2) is 12.1 Å². The molecule has 2 heteroatoms. The van der Waals surface area contributed by atoms with Crippen molar-refractivity contribution in [1.29, 1.82) is 0 Å². The Balaban J connectivity index is 1.68. The molecule has 0 radical (unpaired) electrons. The Morgan fingerprint density at radius 2 is 1.81 bits per heavy atom. The first kappa shape index (κ1) is 17.7. The molecule has 1 aromatic heterocycles. The molecule has 2 nitrogen and oxygen atoms in total. The Morgan fingerprint density at radius 3 is 2.50 bits per heavy atom. The quantitative estimate of drug-likeness (QED) is 0.527. The number of aryl methyl sites for hydroxylation is 1. The van der Waals surface area contributed by atoms with Gasteiger partial charge in [0.1, 0.15) is 5.75 Å². The van der Waals surface area contributed by atoms with Crippen molar-refractivity contribution in [2.45, 2.75) is 13.3 Å². The molecule has 2 aromatic carbocycles. The predicted octanol–water partition coefficient (Wildman–Crippen LogP) is 5.82. The van der Waals surface area contributed by atoms with Crippen LogP contribution in [0.3, 0.4) is 0 Å². The zero-order valence-corrected chi connectivity index (χ0v) is 15.3. The van der Waals surface area contributed by atoms with Gasteiger partial charge in [0, 0.05) is 12.4 Å². The molecule has 0 saturated carbocycles. The molecule has 0 aliphatic carbocycles. The Morgan fingerprint density at radius 1 is 1.04 bits per heavy atom. The smallest absolute Gasteiger partial charge is 0.119 e. The Kier molecular flexibility index (Phi) is 5.65. The first-order valence-corrected chi connectivity index (χ1v) is 8.65. The summed E-state index contributed by atoms with van der Waals surface area (Å²) in [6.45, 7) is 6.25. The molecule has 0 bridgehead atoms.